The molecule has 1 unspecified atom stereocenters. The Kier molecular flexibility index (Phi) is 3.33. The number of nitrogens with zero attached hydrogens (tertiary/aromatic N) is 7. The van der Waals surface area contributed by atoms with E-state index in [1.807, 2.05) is 6.92 Å². The number of nitrogen functional groups attached to an aromatic ring is 1. The van der Waals surface area contributed by atoms with E-state index < -0.39 is 0 Å². The van der Waals surface area contributed by atoms with Crippen molar-refractivity contribution in [2.75, 3.05) is 24.3 Å². The van der Waals surface area contributed by atoms with E-state index in [1.54, 1.807) is 11.9 Å². The summed E-state index contributed by atoms with van der Waals surface area (Å²) >= 11 is 0. The van der Waals surface area contributed by atoms with Crippen molar-refractivity contribution in [2.24, 2.45) is 0 Å². The first-order valence-electron chi connectivity index (χ1n) is 5.32. The zero-order valence-electron chi connectivity index (χ0n) is 10.1. The van der Waals surface area contributed by atoms with Crippen molar-refractivity contribution < 1.29 is 5.11 Å². The molecule has 2 aromatic heterocycles. The Balaban J connectivity index is 2.38. The van der Waals surface area contributed by atoms with Gasteiger partial charge >= 0.3 is 0 Å². The third kappa shape index (κ3) is 2.35. The molecule has 2 heterocycles. The summed E-state index contributed by atoms with van der Waals surface area (Å²) in [5, 5.41) is 13.0. The van der Waals surface area contributed by atoms with Gasteiger partial charge in [0.15, 0.2) is 0 Å². The lowest BCUT2D eigenvalue weighted by molar-refractivity contribution is 0.269. The molecule has 0 radical (unpaired) electrons. The number of rotatable bonds is 4. The molecule has 1 atom stereocenters. The summed E-state index contributed by atoms with van der Waals surface area (Å²) in [7, 11) is 1.76. The number of likely N-dealkylation sites (N-methyl/N-ethyl adjacent to an activating group) is 1. The number of nitrogens with two attached hydrogens (primary N) is 1. The fraction of sp³-hybridized carbons (Fsp3) is 0.444. The van der Waals surface area contributed by atoms with Gasteiger partial charge in [-0.25, -0.2) is 4.98 Å². The van der Waals surface area contributed by atoms with Gasteiger partial charge < -0.3 is 15.7 Å². The number of aliphatic hydroxyl groups is 1. The van der Waals surface area contributed by atoms with Gasteiger partial charge in [0.1, 0.15) is 12.7 Å². The van der Waals surface area contributed by atoms with Crippen LogP contribution in [0, 0.1) is 0 Å². The second-order valence-corrected chi connectivity index (χ2v) is 3.78. The monoisotopic (exact) mass is 250 g/mol. The molecule has 0 saturated heterocycles. The standard InChI is InChI=1S/C9H14N8O/c1-6(3-18)16(2)8-13-7(10)14-9(15-8)17-5-11-4-12-17/h4-6,18H,3H2,1-2H3,(H2,10,13,14,15). The maximum atomic E-state index is 9.12. The van der Waals surface area contributed by atoms with E-state index in [2.05, 4.69) is 25.0 Å². The van der Waals surface area contributed by atoms with Gasteiger partial charge in [-0.2, -0.15) is 24.7 Å². The van der Waals surface area contributed by atoms with Gasteiger partial charge in [0.25, 0.3) is 5.95 Å². The molecule has 0 aliphatic rings. The fourth-order valence-electron chi connectivity index (χ4n) is 1.26. The third-order valence-electron chi connectivity index (χ3n) is 2.49. The molecule has 9 heteroatoms. The molecular formula is C9H14N8O. The van der Waals surface area contributed by atoms with Crippen LogP contribution >= 0.6 is 0 Å². The molecule has 9 nitrogen and oxygen atoms in total. The molecular weight excluding hydrogens is 236 g/mol. The highest BCUT2D eigenvalue weighted by atomic mass is 16.3. The van der Waals surface area contributed by atoms with Crippen molar-refractivity contribution in [3.63, 3.8) is 0 Å². The van der Waals surface area contributed by atoms with Gasteiger partial charge in [-0.3, -0.25) is 0 Å². The molecule has 3 N–H and O–H groups in total. The van der Waals surface area contributed by atoms with Crippen LogP contribution < -0.4 is 10.6 Å². The quantitative estimate of drug-likeness (QED) is 0.698. The number of hydrogen-bond donors (Lipinski definition) is 2. The molecule has 0 aromatic carbocycles. The molecule has 96 valence electrons. The van der Waals surface area contributed by atoms with Crippen LogP contribution in [0.3, 0.4) is 0 Å². The van der Waals surface area contributed by atoms with Gasteiger partial charge in [-0.15, -0.1) is 0 Å². The highest BCUT2D eigenvalue weighted by Crippen LogP contribution is 2.11. The van der Waals surface area contributed by atoms with E-state index in [1.165, 1.54) is 17.3 Å². The lowest BCUT2D eigenvalue weighted by Crippen LogP contribution is -2.33. The third-order valence-corrected chi connectivity index (χ3v) is 2.49. The van der Waals surface area contributed by atoms with Gasteiger partial charge in [-0.05, 0) is 6.92 Å². The van der Waals surface area contributed by atoms with E-state index in [0.717, 1.165) is 0 Å². The Morgan fingerprint density at radius 3 is 2.83 bits per heavy atom. The maximum absolute atomic E-state index is 9.12. The largest absolute Gasteiger partial charge is 0.394 e. The van der Waals surface area contributed by atoms with Crippen LogP contribution in [0.4, 0.5) is 11.9 Å². The van der Waals surface area contributed by atoms with Crippen molar-refractivity contribution >= 4 is 11.9 Å². The average molecular weight is 250 g/mol. The molecule has 0 amide bonds. The highest BCUT2D eigenvalue weighted by Gasteiger charge is 2.14. The Hall–Kier alpha value is -2.29. The smallest absolute Gasteiger partial charge is 0.258 e. The van der Waals surface area contributed by atoms with Gasteiger partial charge in [0.2, 0.25) is 11.9 Å². The molecule has 2 aromatic rings. The summed E-state index contributed by atoms with van der Waals surface area (Å²) in [6.45, 7) is 1.83. The van der Waals surface area contributed by atoms with E-state index >= 15 is 0 Å². The SMILES string of the molecule is CC(CO)N(C)c1nc(N)nc(-n2cncn2)n1. The summed E-state index contributed by atoms with van der Waals surface area (Å²) < 4.78 is 1.39. The van der Waals surface area contributed by atoms with Crippen molar-refractivity contribution in [1.29, 1.82) is 0 Å². The van der Waals surface area contributed by atoms with Crippen LogP contribution in [0.5, 0.6) is 0 Å². The second kappa shape index (κ2) is 4.92. The van der Waals surface area contributed by atoms with Crippen LogP contribution in [-0.2, 0) is 0 Å². The van der Waals surface area contributed by atoms with Crippen LogP contribution in [-0.4, -0.2) is 54.5 Å². The predicted octanol–water partition coefficient (Wildman–Crippen LogP) is -1.15. The van der Waals surface area contributed by atoms with E-state index in [-0.39, 0.29) is 24.5 Å². The summed E-state index contributed by atoms with van der Waals surface area (Å²) in [6, 6.07) is -0.129. The lowest BCUT2D eigenvalue weighted by Gasteiger charge is -2.23. The first kappa shape index (κ1) is 12.2. The first-order valence-corrected chi connectivity index (χ1v) is 5.32. The van der Waals surface area contributed by atoms with Gasteiger partial charge in [0.05, 0.1) is 12.6 Å². The van der Waals surface area contributed by atoms with Crippen LogP contribution in [0.25, 0.3) is 5.95 Å². The zero-order valence-corrected chi connectivity index (χ0v) is 10.1. The Bertz CT molecular complexity index is 513. The summed E-state index contributed by atoms with van der Waals surface area (Å²) in [4.78, 5) is 17.7. The van der Waals surface area contributed by atoms with Crippen molar-refractivity contribution in [3.8, 4) is 5.95 Å². The number of aromatic nitrogens is 6. The van der Waals surface area contributed by atoms with Crippen molar-refractivity contribution in [3.05, 3.63) is 12.7 Å². The molecule has 0 fully saturated rings. The molecule has 0 aliphatic heterocycles. The minimum absolute atomic E-state index is 0.0131. The van der Waals surface area contributed by atoms with E-state index in [0.29, 0.717) is 5.95 Å². The fourth-order valence-corrected chi connectivity index (χ4v) is 1.26. The van der Waals surface area contributed by atoms with Crippen molar-refractivity contribution in [2.45, 2.75) is 13.0 Å². The maximum Gasteiger partial charge on any atom is 0.258 e. The summed E-state index contributed by atoms with van der Waals surface area (Å²) in [6.07, 6.45) is 2.84. The Morgan fingerprint density at radius 1 is 1.44 bits per heavy atom. The molecule has 0 bridgehead atoms. The number of anilines is 2. The normalized spacial score (nSPS) is 12.4. The average Bonchev–Trinajstić information content (AvgIpc) is 2.90. The minimum Gasteiger partial charge on any atom is -0.394 e. The molecule has 0 aliphatic carbocycles. The molecule has 18 heavy (non-hydrogen) atoms. The van der Waals surface area contributed by atoms with Gasteiger partial charge in [0, 0.05) is 7.05 Å². The lowest BCUT2D eigenvalue weighted by atomic mass is 10.3. The summed E-state index contributed by atoms with van der Waals surface area (Å²) in [5.74, 6) is 0.740. The zero-order chi connectivity index (χ0) is 13.1. The summed E-state index contributed by atoms with van der Waals surface area (Å²) in [5.41, 5.74) is 5.63. The number of hydrogen-bond acceptors (Lipinski definition) is 8. The van der Waals surface area contributed by atoms with Crippen LogP contribution in [0.2, 0.25) is 0 Å². The topological polar surface area (TPSA) is 119 Å². The molecule has 0 spiro atoms. The Morgan fingerprint density at radius 2 is 2.22 bits per heavy atom. The second-order valence-electron chi connectivity index (χ2n) is 3.78. The highest BCUT2D eigenvalue weighted by molar-refractivity contribution is 5.37. The van der Waals surface area contributed by atoms with E-state index in [9.17, 15) is 0 Å². The first-order chi connectivity index (χ1) is 8.61. The Labute approximate surface area is 103 Å². The minimum atomic E-state index is -0.129. The number of aliphatic hydroxyl groups excluding tert-OH is 1. The van der Waals surface area contributed by atoms with E-state index in [4.69, 9.17) is 10.8 Å². The van der Waals surface area contributed by atoms with Crippen LogP contribution in [0.15, 0.2) is 12.7 Å². The molecule has 2 rings (SSSR count). The predicted molar refractivity (Wildman–Crippen MR) is 64.1 cm³/mol. The van der Waals surface area contributed by atoms with Crippen molar-refractivity contribution in [1.82, 2.24) is 29.7 Å². The van der Waals surface area contributed by atoms with Crippen LogP contribution in [0.1, 0.15) is 6.92 Å². The van der Waals surface area contributed by atoms with Gasteiger partial charge in [-0.1, -0.05) is 0 Å². The molecule has 0 saturated carbocycles.